The lowest BCUT2D eigenvalue weighted by atomic mass is 10.1. The molecule has 0 amide bonds. The Morgan fingerprint density at radius 3 is 2.17 bits per heavy atom. The van der Waals surface area contributed by atoms with Gasteiger partial charge in [-0.2, -0.15) is 0 Å². The Balaban J connectivity index is 2.81. The fourth-order valence-electron chi connectivity index (χ4n) is 1.25. The van der Waals surface area contributed by atoms with E-state index >= 15 is 0 Å². The van der Waals surface area contributed by atoms with Crippen molar-refractivity contribution in [3.05, 3.63) is 0 Å². The number of oxime groups is 1. The fraction of sp³-hybridized carbons (Fsp3) is 0.900. The SMILES string of the molecule is CCCCCCCCC/C=N/O. The molecule has 0 aromatic heterocycles. The van der Waals surface area contributed by atoms with Crippen molar-refractivity contribution < 1.29 is 5.21 Å². The minimum atomic E-state index is 0.921. The van der Waals surface area contributed by atoms with Crippen LogP contribution in [-0.2, 0) is 0 Å². The lowest BCUT2D eigenvalue weighted by Gasteiger charge is -1.97. The molecule has 0 bridgehead atoms. The number of hydrogen-bond acceptors (Lipinski definition) is 2. The molecule has 0 aliphatic heterocycles. The molecule has 2 nitrogen and oxygen atoms in total. The van der Waals surface area contributed by atoms with E-state index in [2.05, 4.69) is 12.1 Å². The fourth-order valence-corrected chi connectivity index (χ4v) is 1.25. The summed E-state index contributed by atoms with van der Waals surface area (Å²) in [6.07, 6.45) is 11.7. The van der Waals surface area contributed by atoms with Gasteiger partial charge in [-0.1, -0.05) is 45.4 Å². The van der Waals surface area contributed by atoms with Gasteiger partial charge in [-0.15, -0.1) is 5.16 Å². The van der Waals surface area contributed by atoms with Gasteiger partial charge in [0.05, 0.1) is 0 Å². The van der Waals surface area contributed by atoms with Gasteiger partial charge in [0.2, 0.25) is 0 Å². The Bertz CT molecular complexity index is 102. The molecule has 1 N–H and O–H groups in total. The quantitative estimate of drug-likeness (QED) is 0.257. The molecule has 0 aliphatic rings. The van der Waals surface area contributed by atoms with Gasteiger partial charge in [0.1, 0.15) is 0 Å². The van der Waals surface area contributed by atoms with Crippen molar-refractivity contribution in [2.24, 2.45) is 5.16 Å². The van der Waals surface area contributed by atoms with Crippen LogP contribution in [0.3, 0.4) is 0 Å². The summed E-state index contributed by atoms with van der Waals surface area (Å²) in [5.41, 5.74) is 0. The average molecular weight is 171 g/mol. The topological polar surface area (TPSA) is 32.6 Å². The van der Waals surface area contributed by atoms with E-state index in [-0.39, 0.29) is 0 Å². The number of hydrogen-bond donors (Lipinski definition) is 1. The summed E-state index contributed by atoms with van der Waals surface area (Å²) in [4.78, 5) is 0. The Morgan fingerprint density at radius 1 is 1.00 bits per heavy atom. The van der Waals surface area contributed by atoms with E-state index in [4.69, 9.17) is 5.21 Å². The maximum absolute atomic E-state index is 8.11. The summed E-state index contributed by atoms with van der Waals surface area (Å²) < 4.78 is 0. The van der Waals surface area contributed by atoms with E-state index in [9.17, 15) is 0 Å². The summed E-state index contributed by atoms with van der Waals surface area (Å²) in [7, 11) is 0. The summed E-state index contributed by atoms with van der Waals surface area (Å²) >= 11 is 0. The van der Waals surface area contributed by atoms with Crippen LogP contribution in [0.2, 0.25) is 0 Å². The maximum Gasteiger partial charge on any atom is 0.0435 e. The standard InChI is InChI=1S/C10H21NO/c1-2-3-4-5-6-7-8-9-10-11-12/h10,12H,2-9H2,1H3/b11-10+. The van der Waals surface area contributed by atoms with E-state index in [1.165, 1.54) is 38.5 Å². The molecule has 2 heteroatoms. The first kappa shape index (κ1) is 11.5. The minimum Gasteiger partial charge on any atom is -0.411 e. The molecule has 0 saturated carbocycles. The predicted octanol–water partition coefficient (Wildman–Crippen LogP) is 3.59. The summed E-state index contributed by atoms with van der Waals surface area (Å²) in [5.74, 6) is 0. The zero-order valence-corrected chi connectivity index (χ0v) is 8.13. The number of nitrogens with zero attached hydrogens (tertiary/aromatic N) is 1. The van der Waals surface area contributed by atoms with Gasteiger partial charge >= 0.3 is 0 Å². The van der Waals surface area contributed by atoms with Crippen molar-refractivity contribution in [2.75, 3.05) is 0 Å². The van der Waals surface area contributed by atoms with E-state index in [1.54, 1.807) is 6.21 Å². The Kier molecular flexibility index (Phi) is 10.0. The smallest absolute Gasteiger partial charge is 0.0435 e. The van der Waals surface area contributed by atoms with Gasteiger partial charge < -0.3 is 5.21 Å². The molecule has 0 fully saturated rings. The van der Waals surface area contributed by atoms with Crippen molar-refractivity contribution in [3.8, 4) is 0 Å². The van der Waals surface area contributed by atoms with Gasteiger partial charge in [0.25, 0.3) is 0 Å². The predicted molar refractivity (Wildman–Crippen MR) is 52.9 cm³/mol. The van der Waals surface area contributed by atoms with E-state index in [0.29, 0.717) is 0 Å². The third-order valence-corrected chi connectivity index (χ3v) is 2.02. The van der Waals surface area contributed by atoms with Crippen LogP contribution in [0.15, 0.2) is 5.16 Å². The first-order valence-corrected chi connectivity index (χ1v) is 5.07. The molecule has 0 radical (unpaired) electrons. The summed E-state index contributed by atoms with van der Waals surface area (Å²) in [6, 6.07) is 0. The second-order valence-electron chi connectivity index (χ2n) is 3.21. The van der Waals surface area contributed by atoms with Crippen molar-refractivity contribution in [1.29, 1.82) is 0 Å². The molecule has 0 aliphatic carbocycles. The molecule has 0 aromatic carbocycles. The van der Waals surface area contributed by atoms with Crippen LogP contribution in [0.4, 0.5) is 0 Å². The van der Waals surface area contributed by atoms with Crippen LogP contribution in [0, 0.1) is 0 Å². The lowest BCUT2D eigenvalue weighted by Crippen LogP contribution is -1.80. The van der Waals surface area contributed by atoms with Gasteiger partial charge in [-0.3, -0.25) is 0 Å². The zero-order chi connectivity index (χ0) is 9.07. The highest BCUT2D eigenvalue weighted by atomic mass is 16.4. The normalized spacial score (nSPS) is 11.1. The van der Waals surface area contributed by atoms with E-state index < -0.39 is 0 Å². The highest BCUT2D eigenvalue weighted by Gasteiger charge is 1.89. The largest absolute Gasteiger partial charge is 0.411 e. The van der Waals surface area contributed by atoms with Crippen LogP contribution in [0.5, 0.6) is 0 Å². The maximum atomic E-state index is 8.11. The summed E-state index contributed by atoms with van der Waals surface area (Å²) in [5, 5.41) is 11.1. The molecular weight excluding hydrogens is 150 g/mol. The number of rotatable bonds is 8. The van der Waals surface area contributed by atoms with Crippen LogP contribution < -0.4 is 0 Å². The molecule has 0 aromatic rings. The van der Waals surface area contributed by atoms with Gasteiger partial charge in [-0.25, -0.2) is 0 Å². The Morgan fingerprint density at radius 2 is 1.58 bits per heavy atom. The van der Waals surface area contributed by atoms with E-state index in [1.807, 2.05) is 0 Å². The molecule has 0 heterocycles. The van der Waals surface area contributed by atoms with Crippen molar-refractivity contribution in [3.63, 3.8) is 0 Å². The second kappa shape index (κ2) is 10.5. The highest BCUT2D eigenvalue weighted by molar-refractivity contribution is 5.55. The monoisotopic (exact) mass is 171 g/mol. The van der Waals surface area contributed by atoms with Crippen LogP contribution in [-0.4, -0.2) is 11.4 Å². The molecule has 0 spiro atoms. The molecule has 0 saturated heterocycles. The molecule has 0 rings (SSSR count). The Labute approximate surface area is 75.7 Å². The average Bonchev–Trinajstić information content (AvgIpc) is 2.10. The number of unbranched alkanes of at least 4 members (excludes halogenated alkanes) is 7. The van der Waals surface area contributed by atoms with Crippen molar-refractivity contribution in [2.45, 2.75) is 58.3 Å². The molecule has 12 heavy (non-hydrogen) atoms. The van der Waals surface area contributed by atoms with Gasteiger partial charge in [0.15, 0.2) is 0 Å². The third kappa shape index (κ3) is 9.47. The van der Waals surface area contributed by atoms with Gasteiger partial charge in [0, 0.05) is 6.21 Å². The molecule has 0 atom stereocenters. The lowest BCUT2D eigenvalue weighted by molar-refractivity contribution is 0.320. The second-order valence-corrected chi connectivity index (χ2v) is 3.21. The Hall–Kier alpha value is -0.530. The van der Waals surface area contributed by atoms with Crippen LogP contribution in [0.25, 0.3) is 0 Å². The highest BCUT2D eigenvalue weighted by Crippen LogP contribution is 2.07. The molecule has 72 valence electrons. The third-order valence-electron chi connectivity index (χ3n) is 2.02. The van der Waals surface area contributed by atoms with Crippen LogP contribution >= 0.6 is 0 Å². The van der Waals surface area contributed by atoms with E-state index in [0.717, 1.165) is 12.8 Å². The van der Waals surface area contributed by atoms with Crippen molar-refractivity contribution >= 4 is 6.21 Å². The van der Waals surface area contributed by atoms with Crippen LogP contribution in [0.1, 0.15) is 58.3 Å². The van der Waals surface area contributed by atoms with Crippen molar-refractivity contribution in [1.82, 2.24) is 0 Å². The zero-order valence-electron chi connectivity index (χ0n) is 8.13. The molecule has 0 unspecified atom stereocenters. The van der Waals surface area contributed by atoms with Gasteiger partial charge in [-0.05, 0) is 12.8 Å². The minimum absolute atomic E-state index is 0.921. The first-order chi connectivity index (χ1) is 5.91. The molecular formula is C10H21NO. The first-order valence-electron chi connectivity index (χ1n) is 5.07. The summed E-state index contributed by atoms with van der Waals surface area (Å²) in [6.45, 7) is 2.23.